The molecular weight excluding hydrogens is 779 g/mol. The Kier molecular flexibility index (Phi) is 10.8. The van der Waals surface area contributed by atoms with Gasteiger partial charge >= 0.3 is 12.1 Å². The standard InChI is InChI=1S/C47H43N5O9/c1-58-26-27-60-46(57)51-35-22-12-9-19-32(35)47(45(51)56)38(43(54)48-28-37-49-33-20-10-11-21-34(33)50-37)40-44(55)61-41(30-16-6-3-7-17-30)39(29-14-4-2-5-15-29)52(40)42(47)31-18-8-13-23-36(31)59-25-24-53/h2-23,38-42,53H,24-28H2,1H3,(H,48,54)(H,49,50)/t38-,39-,40-,41+,42+,47-/m0/s1. The SMILES string of the molecule is COCCOC(=O)N1C(=O)[C@@]2(c3ccccc31)[C@H](C(=O)NCc1nc3ccccc3[nH]1)[C@H]1C(=O)O[C@H](c3ccccc3)[C@H](c3ccccc3)N1[C@@H]2c1ccccc1OCCO. The van der Waals surface area contributed by atoms with Crippen molar-refractivity contribution in [3.05, 3.63) is 162 Å². The molecule has 0 saturated carbocycles. The molecule has 0 radical (unpaired) electrons. The van der Waals surface area contributed by atoms with Gasteiger partial charge in [0.1, 0.15) is 42.3 Å². The van der Waals surface area contributed by atoms with Gasteiger partial charge in [-0.2, -0.15) is 0 Å². The Labute approximate surface area is 351 Å². The third-order valence-electron chi connectivity index (χ3n) is 11.8. The van der Waals surface area contributed by atoms with E-state index in [0.717, 1.165) is 16.0 Å². The summed E-state index contributed by atoms with van der Waals surface area (Å²) in [7, 11) is 1.47. The fourth-order valence-corrected chi connectivity index (χ4v) is 9.45. The van der Waals surface area contributed by atoms with E-state index < -0.39 is 59.4 Å². The Morgan fingerprint density at radius 3 is 2.26 bits per heavy atom. The quantitative estimate of drug-likeness (QED) is 0.102. The number of carbonyl (C=O) groups is 4. The van der Waals surface area contributed by atoms with E-state index in [1.807, 2.05) is 89.8 Å². The molecular formula is C47H43N5O9. The molecule has 0 unspecified atom stereocenters. The molecule has 2 saturated heterocycles. The van der Waals surface area contributed by atoms with Gasteiger partial charge in [-0.3, -0.25) is 19.3 Å². The number of methoxy groups -OCH3 is 1. The summed E-state index contributed by atoms with van der Waals surface area (Å²) in [6.45, 7) is -0.530. The van der Waals surface area contributed by atoms with Crippen LogP contribution in [0.25, 0.3) is 11.0 Å². The number of anilines is 1. The first kappa shape index (κ1) is 39.6. The van der Waals surface area contributed by atoms with Crippen LogP contribution in [0.2, 0.25) is 0 Å². The van der Waals surface area contributed by atoms with Crippen molar-refractivity contribution in [2.45, 2.75) is 36.2 Å². The monoisotopic (exact) mass is 821 g/mol. The van der Waals surface area contributed by atoms with Crippen LogP contribution >= 0.6 is 0 Å². The lowest BCUT2D eigenvalue weighted by molar-refractivity contribution is -0.178. The van der Waals surface area contributed by atoms with Gasteiger partial charge in [0.2, 0.25) is 11.8 Å². The topological polar surface area (TPSA) is 173 Å². The number of para-hydroxylation sites is 4. The predicted octanol–water partition coefficient (Wildman–Crippen LogP) is 5.70. The number of fused-ring (bicyclic) bond motifs is 4. The smallest absolute Gasteiger partial charge is 0.421 e. The molecule has 9 rings (SSSR count). The average Bonchev–Trinajstić information content (AvgIpc) is 3.94. The largest absolute Gasteiger partial charge is 0.491 e. The van der Waals surface area contributed by atoms with Crippen molar-refractivity contribution in [3.8, 4) is 5.75 Å². The number of aromatic nitrogens is 2. The summed E-state index contributed by atoms with van der Waals surface area (Å²) in [6, 6.07) is 36.8. The van der Waals surface area contributed by atoms with Gasteiger partial charge in [0.05, 0.1) is 54.5 Å². The third-order valence-corrected chi connectivity index (χ3v) is 11.8. The van der Waals surface area contributed by atoms with Gasteiger partial charge < -0.3 is 34.4 Å². The van der Waals surface area contributed by atoms with E-state index in [1.165, 1.54) is 7.11 Å². The minimum absolute atomic E-state index is 0.0733. The number of nitrogens with one attached hydrogen (secondary N) is 2. The number of amides is 3. The van der Waals surface area contributed by atoms with Gasteiger partial charge in [-0.1, -0.05) is 109 Å². The molecule has 6 aromatic rings. The maximum absolute atomic E-state index is 16.1. The third kappa shape index (κ3) is 6.69. The van der Waals surface area contributed by atoms with Crippen LogP contribution in [-0.2, 0) is 40.6 Å². The Morgan fingerprint density at radius 2 is 1.51 bits per heavy atom. The Balaban J connectivity index is 1.31. The zero-order valence-corrected chi connectivity index (χ0v) is 33.2. The van der Waals surface area contributed by atoms with E-state index in [9.17, 15) is 9.90 Å². The second kappa shape index (κ2) is 16.6. The second-order valence-electron chi connectivity index (χ2n) is 15.1. The first-order valence-corrected chi connectivity index (χ1v) is 20.1. The maximum atomic E-state index is 16.1. The molecule has 0 aliphatic carbocycles. The number of H-pyrrole nitrogens is 1. The highest BCUT2D eigenvalue weighted by atomic mass is 16.6. The number of rotatable bonds is 12. The lowest BCUT2D eigenvalue weighted by Gasteiger charge is -2.46. The van der Waals surface area contributed by atoms with Crippen LogP contribution in [0, 0.1) is 5.92 Å². The molecule has 1 aromatic heterocycles. The first-order chi connectivity index (χ1) is 29.9. The summed E-state index contributed by atoms with van der Waals surface area (Å²) in [4.78, 5) is 71.7. The Morgan fingerprint density at radius 1 is 0.820 bits per heavy atom. The van der Waals surface area contributed by atoms with Crippen LogP contribution in [-0.4, -0.2) is 83.4 Å². The molecule has 310 valence electrons. The number of hydrogen-bond donors (Lipinski definition) is 3. The Bertz CT molecular complexity index is 2550. The molecule has 14 nitrogen and oxygen atoms in total. The van der Waals surface area contributed by atoms with Crippen molar-refractivity contribution in [2.75, 3.05) is 38.4 Å². The molecule has 3 amide bonds. The number of nitrogens with zero attached hydrogens (tertiary/aromatic N) is 3. The number of esters is 1. The second-order valence-corrected chi connectivity index (χ2v) is 15.1. The molecule has 6 atom stereocenters. The number of hydrogen-bond acceptors (Lipinski definition) is 11. The zero-order valence-electron chi connectivity index (χ0n) is 33.2. The summed E-state index contributed by atoms with van der Waals surface area (Å²) >= 11 is 0. The van der Waals surface area contributed by atoms with Crippen molar-refractivity contribution in [3.63, 3.8) is 0 Å². The van der Waals surface area contributed by atoms with Crippen LogP contribution in [0.1, 0.15) is 46.3 Å². The number of cyclic esters (lactones) is 1. The molecule has 3 N–H and O–H groups in total. The molecule has 14 heteroatoms. The van der Waals surface area contributed by atoms with Crippen molar-refractivity contribution in [1.82, 2.24) is 20.2 Å². The Hall–Kier alpha value is -6.87. The number of benzene rings is 5. The lowest BCUT2D eigenvalue weighted by Crippen LogP contribution is -2.55. The summed E-state index contributed by atoms with van der Waals surface area (Å²) in [5.41, 5.74) is 1.91. The number of aromatic amines is 1. The van der Waals surface area contributed by atoms with Crippen LogP contribution in [0.5, 0.6) is 5.75 Å². The van der Waals surface area contributed by atoms with Crippen molar-refractivity contribution in [2.24, 2.45) is 5.92 Å². The highest BCUT2D eigenvalue weighted by Crippen LogP contribution is 2.66. The normalized spacial score (nSPS) is 23.1. The number of morpholine rings is 1. The maximum Gasteiger partial charge on any atom is 0.421 e. The molecule has 61 heavy (non-hydrogen) atoms. The average molecular weight is 822 g/mol. The number of aliphatic hydroxyl groups is 1. The molecule has 1 spiro atoms. The van der Waals surface area contributed by atoms with Gasteiger partial charge in [0.15, 0.2) is 0 Å². The van der Waals surface area contributed by atoms with E-state index in [2.05, 4.69) is 15.3 Å². The zero-order chi connectivity index (χ0) is 42.1. The van der Waals surface area contributed by atoms with Crippen LogP contribution in [0.4, 0.5) is 10.5 Å². The molecule has 4 heterocycles. The van der Waals surface area contributed by atoms with Crippen molar-refractivity contribution in [1.29, 1.82) is 0 Å². The number of imide groups is 1. The number of carbonyl (C=O) groups excluding carboxylic acids is 4. The van der Waals surface area contributed by atoms with Gasteiger partial charge in [0.25, 0.3) is 0 Å². The fraction of sp³-hybridized carbons (Fsp3) is 0.255. The van der Waals surface area contributed by atoms with Crippen molar-refractivity contribution < 1.29 is 43.2 Å². The van der Waals surface area contributed by atoms with E-state index in [-0.39, 0.29) is 38.7 Å². The summed E-state index contributed by atoms with van der Waals surface area (Å²) in [5.74, 6) is -2.88. The molecule has 5 aromatic carbocycles. The molecule has 0 bridgehead atoms. The van der Waals surface area contributed by atoms with E-state index >= 15 is 14.4 Å². The minimum Gasteiger partial charge on any atom is -0.491 e. The molecule has 3 aliphatic rings. The summed E-state index contributed by atoms with van der Waals surface area (Å²) < 4.78 is 23.5. The number of imidazole rings is 1. The van der Waals surface area contributed by atoms with Crippen LogP contribution in [0.3, 0.4) is 0 Å². The van der Waals surface area contributed by atoms with E-state index in [1.54, 1.807) is 48.5 Å². The molecule has 3 aliphatic heterocycles. The van der Waals surface area contributed by atoms with Gasteiger partial charge in [0, 0.05) is 12.7 Å². The van der Waals surface area contributed by atoms with E-state index in [0.29, 0.717) is 33.8 Å². The summed E-state index contributed by atoms with van der Waals surface area (Å²) in [6.07, 6.45) is -1.87. The lowest BCUT2D eigenvalue weighted by atomic mass is 9.65. The van der Waals surface area contributed by atoms with Crippen molar-refractivity contribution >= 4 is 40.6 Å². The van der Waals surface area contributed by atoms with Crippen LogP contribution in [0.15, 0.2) is 133 Å². The number of aliphatic hydroxyl groups excluding tert-OH is 1. The fourth-order valence-electron chi connectivity index (χ4n) is 9.45. The minimum atomic E-state index is -1.99. The number of ether oxygens (including phenoxy) is 4. The predicted molar refractivity (Wildman–Crippen MR) is 222 cm³/mol. The van der Waals surface area contributed by atoms with Gasteiger partial charge in [-0.05, 0) is 41.0 Å². The van der Waals surface area contributed by atoms with Crippen LogP contribution < -0.4 is 15.0 Å². The summed E-state index contributed by atoms with van der Waals surface area (Å²) in [5, 5.41) is 13.0. The van der Waals surface area contributed by atoms with Gasteiger partial charge in [-0.25, -0.2) is 14.7 Å². The van der Waals surface area contributed by atoms with Gasteiger partial charge in [-0.15, -0.1) is 0 Å². The molecule has 2 fully saturated rings. The van der Waals surface area contributed by atoms with E-state index in [4.69, 9.17) is 18.9 Å². The first-order valence-electron chi connectivity index (χ1n) is 20.1. The highest BCUT2D eigenvalue weighted by molar-refractivity contribution is 6.23. The highest BCUT2D eigenvalue weighted by Gasteiger charge is 2.76.